The Hall–Kier alpha value is -1.70. The lowest BCUT2D eigenvalue weighted by molar-refractivity contribution is -0.138. The van der Waals surface area contributed by atoms with Gasteiger partial charge in [0.1, 0.15) is 0 Å². The second-order valence-corrected chi connectivity index (χ2v) is 3.75. The molecule has 0 unspecified atom stereocenters. The van der Waals surface area contributed by atoms with Crippen LogP contribution < -0.4 is 0 Å². The van der Waals surface area contributed by atoms with Crippen LogP contribution in [0, 0.1) is 29.1 Å². The van der Waals surface area contributed by atoms with Crippen molar-refractivity contribution in [3.8, 4) is 0 Å². The van der Waals surface area contributed by atoms with Gasteiger partial charge in [0.2, 0.25) is 5.82 Å². The van der Waals surface area contributed by atoms with Crippen molar-refractivity contribution < 1.29 is 31.9 Å². The van der Waals surface area contributed by atoms with Crippen LogP contribution in [0.1, 0.15) is 12.5 Å². The zero-order chi connectivity index (χ0) is 14.7. The standard InChI is InChI=1S/C11H10F5NO2/c1-2-17(4-6(18)19)3-5-7(12)9(14)11(16)10(15)8(5)13/h2-4H2,1H3,(H,18,19). The van der Waals surface area contributed by atoms with Crippen LogP contribution in [0.4, 0.5) is 22.0 Å². The highest BCUT2D eigenvalue weighted by molar-refractivity contribution is 5.69. The number of hydrogen-bond acceptors (Lipinski definition) is 2. The van der Waals surface area contributed by atoms with Gasteiger partial charge in [0, 0.05) is 12.1 Å². The van der Waals surface area contributed by atoms with E-state index in [-0.39, 0.29) is 6.54 Å². The van der Waals surface area contributed by atoms with Gasteiger partial charge in [-0.3, -0.25) is 9.69 Å². The van der Waals surface area contributed by atoms with E-state index < -0.39 is 53.7 Å². The zero-order valence-corrected chi connectivity index (χ0v) is 9.81. The summed E-state index contributed by atoms with van der Waals surface area (Å²) in [4.78, 5) is 11.5. The summed E-state index contributed by atoms with van der Waals surface area (Å²) in [6.45, 7) is 0.311. The molecule has 0 spiro atoms. The maximum atomic E-state index is 13.3. The maximum Gasteiger partial charge on any atom is 0.317 e. The summed E-state index contributed by atoms with van der Waals surface area (Å²) in [5, 5.41) is 8.55. The third kappa shape index (κ3) is 3.19. The van der Waals surface area contributed by atoms with Gasteiger partial charge in [-0.1, -0.05) is 6.92 Å². The van der Waals surface area contributed by atoms with Crippen LogP contribution in [0.5, 0.6) is 0 Å². The van der Waals surface area contributed by atoms with Gasteiger partial charge in [0.25, 0.3) is 0 Å². The van der Waals surface area contributed by atoms with Gasteiger partial charge in [-0.2, -0.15) is 0 Å². The topological polar surface area (TPSA) is 40.5 Å². The Morgan fingerprint density at radius 2 is 1.42 bits per heavy atom. The molecule has 0 radical (unpaired) electrons. The van der Waals surface area contributed by atoms with Crippen LogP contribution in [0.25, 0.3) is 0 Å². The van der Waals surface area contributed by atoms with Gasteiger partial charge in [-0.25, -0.2) is 22.0 Å². The lowest BCUT2D eigenvalue weighted by Crippen LogP contribution is -2.30. The largest absolute Gasteiger partial charge is 0.480 e. The molecule has 0 aliphatic rings. The predicted molar refractivity (Wildman–Crippen MR) is 54.8 cm³/mol. The quantitative estimate of drug-likeness (QED) is 0.512. The molecule has 106 valence electrons. The molecule has 0 bridgehead atoms. The third-order valence-electron chi connectivity index (χ3n) is 2.49. The number of benzene rings is 1. The Morgan fingerprint density at radius 3 is 1.79 bits per heavy atom. The first-order valence-corrected chi connectivity index (χ1v) is 5.24. The number of likely N-dealkylation sites (N-methyl/N-ethyl adjacent to an activating group) is 1. The summed E-state index contributed by atoms with van der Waals surface area (Å²) in [7, 11) is 0. The van der Waals surface area contributed by atoms with E-state index in [0.717, 1.165) is 4.90 Å². The Kier molecular flexibility index (Phi) is 4.82. The minimum atomic E-state index is -2.24. The summed E-state index contributed by atoms with van der Waals surface area (Å²) in [5.41, 5.74) is -1.04. The number of carbonyl (C=O) groups is 1. The number of carboxylic acid groups (broad SMARTS) is 1. The van der Waals surface area contributed by atoms with Gasteiger partial charge in [0.15, 0.2) is 23.3 Å². The van der Waals surface area contributed by atoms with Crippen molar-refractivity contribution in [3.05, 3.63) is 34.6 Å². The number of hydrogen-bond donors (Lipinski definition) is 1. The molecule has 1 aromatic carbocycles. The highest BCUT2D eigenvalue weighted by atomic mass is 19.2. The number of rotatable bonds is 5. The molecule has 3 nitrogen and oxygen atoms in total. The molecule has 19 heavy (non-hydrogen) atoms. The molecule has 0 aliphatic carbocycles. The maximum absolute atomic E-state index is 13.3. The smallest absolute Gasteiger partial charge is 0.317 e. The predicted octanol–water partition coefficient (Wildman–Crippen LogP) is 2.29. The first kappa shape index (κ1) is 15.4. The molecule has 0 fully saturated rings. The fourth-order valence-corrected chi connectivity index (χ4v) is 1.48. The average Bonchev–Trinajstić information content (AvgIpc) is 2.37. The normalized spacial score (nSPS) is 11.1. The first-order chi connectivity index (χ1) is 8.79. The van der Waals surface area contributed by atoms with Crippen molar-refractivity contribution in [1.29, 1.82) is 0 Å². The van der Waals surface area contributed by atoms with Gasteiger partial charge < -0.3 is 5.11 Å². The summed E-state index contributed by atoms with van der Waals surface area (Å²) in [5.74, 6) is -11.5. The number of nitrogens with zero attached hydrogens (tertiary/aromatic N) is 1. The Labute approximate surface area is 105 Å². The summed E-state index contributed by atoms with van der Waals surface area (Å²) in [6, 6.07) is 0. The number of halogens is 5. The molecule has 0 saturated heterocycles. The minimum absolute atomic E-state index is 0.0752. The summed E-state index contributed by atoms with van der Waals surface area (Å²) < 4.78 is 65.3. The lowest BCUT2D eigenvalue weighted by atomic mass is 10.1. The molecule has 0 atom stereocenters. The third-order valence-corrected chi connectivity index (χ3v) is 2.49. The van der Waals surface area contributed by atoms with Gasteiger partial charge in [-0.05, 0) is 6.54 Å². The fourth-order valence-electron chi connectivity index (χ4n) is 1.48. The van der Waals surface area contributed by atoms with Crippen molar-refractivity contribution in [2.75, 3.05) is 13.1 Å². The van der Waals surface area contributed by atoms with Crippen LogP contribution in [0.2, 0.25) is 0 Å². The molecule has 0 aromatic heterocycles. The van der Waals surface area contributed by atoms with Gasteiger partial charge >= 0.3 is 5.97 Å². The van der Waals surface area contributed by atoms with Crippen LogP contribution >= 0.6 is 0 Å². The van der Waals surface area contributed by atoms with Crippen molar-refractivity contribution >= 4 is 5.97 Å². The van der Waals surface area contributed by atoms with Crippen LogP contribution in [0.15, 0.2) is 0 Å². The molecule has 1 rings (SSSR count). The lowest BCUT2D eigenvalue weighted by Gasteiger charge is -2.19. The SMILES string of the molecule is CCN(CC(=O)O)Cc1c(F)c(F)c(F)c(F)c1F. The van der Waals surface area contributed by atoms with Gasteiger partial charge in [0.05, 0.1) is 6.54 Å². The summed E-state index contributed by atoms with van der Waals surface area (Å²) in [6.07, 6.45) is 0. The Morgan fingerprint density at radius 1 is 1.00 bits per heavy atom. The van der Waals surface area contributed by atoms with E-state index >= 15 is 0 Å². The number of carboxylic acids is 1. The van der Waals surface area contributed by atoms with Crippen molar-refractivity contribution in [2.45, 2.75) is 13.5 Å². The van der Waals surface area contributed by atoms with E-state index in [0.29, 0.717) is 0 Å². The second kappa shape index (κ2) is 5.96. The molecule has 1 N–H and O–H groups in total. The van der Waals surface area contributed by atoms with Gasteiger partial charge in [-0.15, -0.1) is 0 Å². The molecule has 0 heterocycles. The van der Waals surface area contributed by atoms with Crippen molar-refractivity contribution in [3.63, 3.8) is 0 Å². The molecule has 0 aliphatic heterocycles. The Balaban J connectivity index is 3.17. The zero-order valence-electron chi connectivity index (χ0n) is 9.81. The molecule has 0 saturated carbocycles. The molecule has 8 heteroatoms. The van der Waals surface area contributed by atoms with E-state index in [4.69, 9.17) is 5.11 Å². The van der Waals surface area contributed by atoms with Crippen LogP contribution in [-0.2, 0) is 11.3 Å². The second-order valence-electron chi connectivity index (χ2n) is 3.75. The van der Waals surface area contributed by atoms with E-state index in [1.165, 1.54) is 6.92 Å². The minimum Gasteiger partial charge on any atom is -0.480 e. The summed E-state index contributed by atoms with van der Waals surface area (Å²) >= 11 is 0. The van der Waals surface area contributed by atoms with Crippen molar-refractivity contribution in [2.24, 2.45) is 0 Å². The molecular formula is C11H10F5NO2. The van der Waals surface area contributed by atoms with E-state index in [9.17, 15) is 26.7 Å². The van der Waals surface area contributed by atoms with E-state index in [1.54, 1.807) is 0 Å². The van der Waals surface area contributed by atoms with E-state index in [1.807, 2.05) is 0 Å². The molecular weight excluding hydrogens is 273 g/mol. The highest BCUT2D eigenvalue weighted by Gasteiger charge is 2.26. The molecule has 0 amide bonds. The average molecular weight is 283 g/mol. The van der Waals surface area contributed by atoms with E-state index in [2.05, 4.69) is 0 Å². The highest BCUT2D eigenvalue weighted by Crippen LogP contribution is 2.24. The monoisotopic (exact) mass is 283 g/mol. The van der Waals surface area contributed by atoms with Crippen molar-refractivity contribution in [1.82, 2.24) is 4.90 Å². The Bertz CT molecular complexity index is 477. The number of aliphatic carboxylic acids is 1. The molecule has 1 aromatic rings. The fraction of sp³-hybridized carbons (Fsp3) is 0.364. The van der Waals surface area contributed by atoms with Crippen LogP contribution in [0.3, 0.4) is 0 Å². The van der Waals surface area contributed by atoms with Crippen LogP contribution in [-0.4, -0.2) is 29.1 Å². The first-order valence-electron chi connectivity index (χ1n) is 5.24.